The number of carbonyl (C=O) groups is 1. The first-order valence-corrected chi connectivity index (χ1v) is 10.2. The highest BCUT2D eigenvalue weighted by Crippen LogP contribution is 2.29. The van der Waals surface area contributed by atoms with Gasteiger partial charge in [-0.05, 0) is 18.2 Å². The highest BCUT2D eigenvalue weighted by Gasteiger charge is 2.14. The van der Waals surface area contributed by atoms with Crippen LogP contribution in [0.3, 0.4) is 0 Å². The van der Waals surface area contributed by atoms with Gasteiger partial charge < -0.3 is 19.7 Å². The number of ether oxygens (including phenoxy) is 2. The van der Waals surface area contributed by atoms with Gasteiger partial charge in [-0.15, -0.1) is 0 Å². The monoisotopic (exact) mass is 425 g/mol. The zero-order chi connectivity index (χ0) is 21.8. The molecular weight excluding hydrogens is 398 g/mol. The second kappa shape index (κ2) is 9.27. The number of morpholine rings is 1. The first kappa shape index (κ1) is 21.0. The van der Waals surface area contributed by atoms with E-state index >= 15 is 0 Å². The smallest absolute Gasteiger partial charge is 0.237 e. The molecule has 1 saturated heterocycles. The number of amides is 1. The normalized spacial score (nSPS) is 14.5. The standard InChI is InChI=1S/C21H27N7O3/c1-15(29)23-19-14-28-20(24-19)5-4-17(25-28)16-12-18(26(2)3)21(22-13-16)31-11-8-27-6-9-30-10-7-27/h4-5,12-14H,6-11H2,1-3H3,(H,23,29). The Morgan fingerprint density at radius 3 is 2.84 bits per heavy atom. The van der Waals surface area contributed by atoms with Gasteiger partial charge in [0.1, 0.15) is 12.3 Å². The number of pyridine rings is 1. The molecule has 31 heavy (non-hydrogen) atoms. The van der Waals surface area contributed by atoms with Crippen LogP contribution < -0.4 is 15.0 Å². The van der Waals surface area contributed by atoms with Crippen molar-refractivity contribution < 1.29 is 14.3 Å². The van der Waals surface area contributed by atoms with Crippen LogP contribution in [0, 0.1) is 0 Å². The van der Waals surface area contributed by atoms with Crippen LogP contribution in [0.1, 0.15) is 6.92 Å². The Balaban J connectivity index is 1.51. The fourth-order valence-corrected chi connectivity index (χ4v) is 3.39. The van der Waals surface area contributed by atoms with E-state index in [-0.39, 0.29) is 5.91 Å². The molecule has 1 aliphatic rings. The molecule has 0 aromatic carbocycles. The summed E-state index contributed by atoms with van der Waals surface area (Å²) in [6, 6.07) is 5.75. The predicted octanol–water partition coefficient (Wildman–Crippen LogP) is 1.53. The first-order chi connectivity index (χ1) is 15.0. The van der Waals surface area contributed by atoms with Crippen LogP contribution in [-0.4, -0.2) is 83.9 Å². The highest BCUT2D eigenvalue weighted by molar-refractivity contribution is 5.87. The van der Waals surface area contributed by atoms with Crippen molar-refractivity contribution in [2.24, 2.45) is 0 Å². The minimum Gasteiger partial charge on any atom is -0.475 e. The third kappa shape index (κ3) is 5.09. The Kier molecular flexibility index (Phi) is 6.28. The summed E-state index contributed by atoms with van der Waals surface area (Å²) in [6.07, 6.45) is 3.44. The van der Waals surface area contributed by atoms with Gasteiger partial charge in [0, 0.05) is 52.4 Å². The SMILES string of the molecule is CC(=O)Nc1cn2nc(-c3cnc(OCCN4CCOCC4)c(N(C)C)c3)ccc2n1. The minimum absolute atomic E-state index is 0.173. The van der Waals surface area contributed by atoms with Crippen LogP contribution in [0.15, 0.2) is 30.6 Å². The second-order valence-electron chi connectivity index (χ2n) is 7.57. The molecule has 0 bridgehead atoms. The van der Waals surface area contributed by atoms with Gasteiger partial charge >= 0.3 is 0 Å². The van der Waals surface area contributed by atoms with Crippen molar-refractivity contribution in [2.75, 3.05) is 63.8 Å². The van der Waals surface area contributed by atoms with Crippen LogP contribution in [0.2, 0.25) is 0 Å². The maximum atomic E-state index is 11.3. The molecular formula is C21H27N7O3. The quantitative estimate of drug-likeness (QED) is 0.609. The van der Waals surface area contributed by atoms with Gasteiger partial charge in [0.05, 0.1) is 25.1 Å². The van der Waals surface area contributed by atoms with Gasteiger partial charge in [0.25, 0.3) is 0 Å². The van der Waals surface area contributed by atoms with Crippen LogP contribution >= 0.6 is 0 Å². The van der Waals surface area contributed by atoms with E-state index in [9.17, 15) is 4.79 Å². The summed E-state index contributed by atoms with van der Waals surface area (Å²) in [5, 5.41) is 7.28. The number of hydrogen-bond acceptors (Lipinski definition) is 8. The van der Waals surface area contributed by atoms with Gasteiger partial charge in [0.2, 0.25) is 11.8 Å². The highest BCUT2D eigenvalue weighted by atomic mass is 16.5. The summed E-state index contributed by atoms with van der Waals surface area (Å²) in [5.74, 6) is 0.889. The molecule has 0 aliphatic carbocycles. The molecule has 10 heteroatoms. The van der Waals surface area contributed by atoms with Gasteiger partial charge in [-0.1, -0.05) is 0 Å². The number of rotatable bonds is 7. The topological polar surface area (TPSA) is 97.1 Å². The molecule has 4 rings (SSSR count). The lowest BCUT2D eigenvalue weighted by Gasteiger charge is -2.26. The maximum absolute atomic E-state index is 11.3. The number of imidazole rings is 1. The van der Waals surface area contributed by atoms with Crippen molar-refractivity contribution >= 4 is 23.1 Å². The molecule has 0 saturated carbocycles. The molecule has 4 heterocycles. The first-order valence-electron chi connectivity index (χ1n) is 10.2. The fourth-order valence-electron chi connectivity index (χ4n) is 3.39. The Bertz CT molecular complexity index is 1060. The summed E-state index contributed by atoms with van der Waals surface area (Å²) in [5.41, 5.74) is 3.14. The van der Waals surface area contributed by atoms with Crippen molar-refractivity contribution in [3.63, 3.8) is 0 Å². The molecule has 1 N–H and O–H groups in total. The number of hydrogen-bond donors (Lipinski definition) is 1. The predicted molar refractivity (Wildman–Crippen MR) is 118 cm³/mol. The lowest BCUT2D eigenvalue weighted by Crippen LogP contribution is -2.38. The number of aromatic nitrogens is 4. The lowest BCUT2D eigenvalue weighted by molar-refractivity contribution is -0.114. The van der Waals surface area contributed by atoms with E-state index in [4.69, 9.17) is 9.47 Å². The molecule has 1 amide bonds. The summed E-state index contributed by atoms with van der Waals surface area (Å²) >= 11 is 0. The molecule has 10 nitrogen and oxygen atoms in total. The molecule has 3 aromatic rings. The molecule has 1 fully saturated rings. The number of fused-ring (bicyclic) bond motifs is 1. The van der Waals surface area contributed by atoms with E-state index in [1.165, 1.54) is 6.92 Å². The van der Waals surface area contributed by atoms with Crippen molar-refractivity contribution in [3.8, 4) is 17.1 Å². The molecule has 0 radical (unpaired) electrons. The van der Waals surface area contributed by atoms with E-state index in [0.29, 0.717) is 24.0 Å². The molecule has 164 valence electrons. The Hall–Kier alpha value is -3.24. The van der Waals surface area contributed by atoms with Crippen LogP contribution in [0.25, 0.3) is 16.9 Å². The summed E-state index contributed by atoms with van der Waals surface area (Å²) < 4.78 is 13.0. The van der Waals surface area contributed by atoms with Crippen molar-refractivity contribution in [3.05, 3.63) is 30.6 Å². The van der Waals surface area contributed by atoms with Gasteiger partial charge in [-0.25, -0.2) is 14.5 Å². The number of carbonyl (C=O) groups excluding carboxylic acids is 1. The maximum Gasteiger partial charge on any atom is 0.237 e. The van der Waals surface area contributed by atoms with Gasteiger partial charge in [-0.3, -0.25) is 9.69 Å². The summed E-state index contributed by atoms with van der Waals surface area (Å²) in [6.45, 7) is 6.27. The molecule has 0 unspecified atom stereocenters. The average molecular weight is 425 g/mol. The lowest BCUT2D eigenvalue weighted by atomic mass is 10.2. The van der Waals surface area contributed by atoms with E-state index in [1.54, 1.807) is 16.9 Å². The zero-order valence-corrected chi connectivity index (χ0v) is 18.0. The molecule has 0 spiro atoms. The Morgan fingerprint density at radius 2 is 2.10 bits per heavy atom. The van der Waals surface area contributed by atoms with Gasteiger partial charge in [-0.2, -0.15) is 5.10 Å². The van der Waals surface area contributed by atoms with Crippen molar-refractivity contribution in [1.29, 1.82) is 0 Å². The van der Waals surface area contributed by atoms with E-state index < -0.39 is 0 Å². The summed E-state index contributed by atoms with van der Waals surface area (Å²) in [7, 11) is 3.92. The fraction of sp³-hybridized carbons (Fsp3) is 0.429. The minimum atomic E-state index is -0.173. The van der Waals surface area contributed by atoms with Crippen molar-refractivity contribution in [1.82, 2.24) is 24.5 Å². The zero-order valence-electron chi connectivity index (χ0n) is 18.0. The van der Waals surface area contributed by atoms with Crippen LogP contribution in [0.4, 0.5) is 11.5 Å². The van der Waals surface area contributed by atoms with Crippen LogP contribution in [-0.2, 0) is 9.53 Å². The third-order valence-electron chi connectivity index (χ3n) is 4.98. The third-order valence-corrected chi connectivity index (χ3v) is 4.98. The average Bonchev–Trinajstić information content (AvgIpc) is 3.15. The Labute approximate surface area is 180 Å². The number of anilines is 2. The summed E-state index contributed by atoms with van der Waals surface area (Å²) in [4.78, 5) is 24.5. The van der Waals surface area contributed by atoms with Crippen molar-refractivity contribution in [2.45, 2.75) is 6.92 Å². The number of nitrogens with one attached hydrogen (secondary N) is 1. The Morgan fingerprint density at radius 1 is 1.29 bits per heavy atom. The van der Waals surface area contributed by atoms with Gasteiger partial charge in [0.15, 0.2) is 11.5 Å². The largest absolute Gasteiger partial charge is 0.475 e. The van der Waals surface area contributed by atoms with E-state index in [2.05, 4.69) is 25.3 Å². The van der Waals surface area contributed by atoms with E-state index in [0.717, 1.165) is 49.8 Å². The second-order valence-corrected chi connectivity index (χ2v) is 7.57. The molecule has 0 atom stereocenters. The molecule has 1 aliphatic heterocycles. The van der Waals surface area contributed by atoms with E-state index in [1.807, 2.05) is 37.2 Å². The molecule has 3 aromatic heterocycles. The van der Waals surface area contributed by atoms with Crippen LogP contribution in [0.5, 0.6) is 5.88 Å². The number of nitrogens with zero attached hydrogens (tertiary/aromatic N) is 6.